The fourth-order valence-corrected chi connectivity index (χ4v) is 4.07. The van der Waals surface area contributed by atoms with Crippen molar-refractivity contribution in [3.63, 3.8) is 0 Å². The predicted octanol–water partition coefficient (Wildman–Crippen LogP) is 0.856. The predicted molar refractivity (Wildman–Crippen MR) is 80.1 cm³/mol. The molecule has 118 valence electrons. The number of hydrogen-bond acceptors (Lipinski definition) is 4. The molecule has 0 radical (unpaired) electrons. The molecule has 2 rings (SSSR count). The number of likely N-dealkylation sites (tertiary alicyclic amines) is 1. The standard InChI is InChI=1S/C14H22N2O4S/c17-11(15-14(13(19)20)6-8-21-10-14)9-16-7-4-2-1-3-5-12(16)18/h1-10H2,(H,15,17)(H,19,20). The van der Waals surface area contributed by atoms with Crippen LogP contribution in [-0.2, 0) is 14.4 Å². The monoisotopic (exact) mass is 314 g/mol. The third-order valence-electron chi connectivity index (χ3n) is 4.07. The molecule has 2 heterocycles. The molecule has 2 aliphatic rings. The van der Waals surface area contributed by atoms with Gasteiger partial charge in [-0.3, -0.25) is 9.59 Å². The second kappa shape index (κ2) is 7.15. The molecule has 0 aliphatic carbocycles. The summed E-state index contributed by atoms with van der Waals surface area (Å²) in [4.78, 5) is 37.1. The van der Waals surface area contributed by atoms with Crippen molar-refractivity contribution < 1.29 is 19.5 Å². The Morgan fingerprint density at radius 1 is 1.29 bits per heavy atom. The molecule has 0 spiro atoms. The van der Waals surface area contributed by atoms with E-state index >= 15 is 0 Å². The number of carboxylic acids is 1. The van der Waals surface area contributed by atoms with Gasteiger partial charge >= 0.3 is 5.97 Å². The highest BCUT2D eigenvalue weighted by atomic mass is 32.2. The quantitative estimate of drug-likeness (QED) is 0.803. The Hall–Kier alpha value is -1.24. The SMILES string of the molecule is O=C(CN1CCCCCCC1=O)NC1(C(=O)O)CCSC1. The number of carboxylic acid groups (broad SMARTS) is 1. The van der Waals surface area contributed by atoms with Crippen molar-refractivity contribution in [2.24, 2.45) is 0 Å². The minimum atomic E-state index is -1.16. The van der Waals surface area contributed by atoms with Gasteiger partial charge in [0, 0.05) is 18.7 Å². The lowest BCUT2D eigenvalue weighted by Gasteiger charge is -2.28. The molecule has 1 unspecified atom stereocenters. The van der Waals surface area contributed by atoms with Gasteiger partial charge in [-0.15, -0.1) is 0 Å². The van der Waals surface area contributed by atoms with Crippen LogP contribution >= 0.6 is 11.8 Å². The summed E-state index contributed by atoms with van der Waals surface area (Å²) in [6.45, 7) is 0.555. The fourth-order valence-electron chi connectivity index (χ4n) is 2.75. The average molecular weight is 314 g/mol. The van der Waals surface area contributed by atoms with Gasteiger partial charge in [0.25, 0.3) is 0 Å². The van der Waals surface area contributed by atoms with Crippen molar-refractivity contribution >= 4 is 29.5 Å². The zero-order valence-electron chi connectivity index (χ0n) is 12.1. The molecule has 0 aromatic carbocycles. The van der Waals surface area contributed by atoms with Crippen LogP contribution in [0.25, 0.3) is 0 Å². The zero-order chi connectivity index (χ0) is 15.3. The minimum absolute atomic E-state index is 0.00461. The third kappa shape index (κ3) is 4.12. The van der Waals surface area contributed by atoms with Crippen LogP contribution in [0.15, 0.2) is 0 Å². The van der Waals surface area contributed by atoms with Gasteiger partial charge < -0.3 is 15.3 Å². The number of aliphatic carboxylic acids is 1. The first-order valence-electron chi connectivity index (χ1n) is 7.43. The number of amides is 2. The Morgan fingerprint density at radius 3 is 2.71 bits per heavy atom. The van der Waals surface area contributed by atoms with Crippen LogP contribution in [0.1, 0.15) is 38.5 Å². The summed E-state index contributed by atoms with van der Waals surface area (Å²) in [7, 11) is 0. The lowest BCUT2D eigenvalue weighted by molar-refractivity contribution is -0.147. The van der Waals surface area contributed by atoms with Crippen molar-refractivity contribution in [2.75, 3.05) is 24.6 Å². The number of nitrogens with zero attached hydrogens (tertiary/aromatic N) is 1. The largest absolute Gasteiger partial charge is 0.479 e. The van der Waals surface area contributed by atoms with Crippen LogP contribution in [0.4, 0.5) is 0 Å². The lowest BCUT2D eigenvalue weighted by Crippen LogP contribution is -2.57. The summed E-state index contributed by atoms with van der Waals surface area (Å²) in [6.07, 6.45) is 4.82. The maximum Gasteiger partial charge on any atom is 0.330 e. The van der Waals surface area contributed by atoms with E-state index in [9.17, 15) is 19.5 Å². The molecule has 0 bridgehead atoms. The molecule has 0 saturated carbocycles. The summed E-state index contributed by atoms with van der Waals surface area (Å²) in [5, 5.41) is 12.0. The van der Waals surface area contributed by atoms with E-state index in [2.05, 4.69) is 5.32 Å². The van der Waals surface area contributed by atoms with Crippen LogP contribution in [0, 0.1) is 0 Å². The summed E-state index contributed by atoms with van der Waals surface area (Å²) in [5.41, 5.74) is -1.16. The van der Waals surface area contributed by atoms with Gasteiger partial charge in [0.15, 0.2) is 0 Å². The van der Waals surface area contributed by atoms with Crippen LogP contribution in [-0.4, -0.2) is 57.9 Å². The molecular formula is C14H22N2O4S. The van der Waals surface area contributed by atoms with Crippen molar-refractivity contribution in [1.82, 2.24) is 10.2 Å². The first kappa shape index (κ1) is 16.1. The van der Waals surface area contributed by atoms with Crippen molar-refractivity contribution in [3.8, 4) is 0 Å². The van der Waals surface area contributed by atoms with Gasteiger partial charge in [0.2, 0.25) is 11.8 Å². The molecular weight excluding hydrogens is 292 g/mol. The maximum absolute atomic E-state index is 12.1. The molecule has 7 heteroatoms. The van der Waals surface area contributed by atoms with Gasteiger partial charge in [-0.1, -0.05) is 12.8 Å². The van der Waals surface area contributed by atoms with E-state index in [1.165, 1.54) is 11.8 Å². The Bertz CT molecular complexity index is 421. The van der Waals surface area contributed by atoms with Crippen LogP contribution in [0.3, 0.4) is 0 Å². The average Bonchev–Trinajstić information content (AvgIpc) is 2.88. The summed E-state index contributed by atoms with van der Waals surface area (Å²) < 4.78 is 0. The number of carbonyl (C=O) groups is 3. The van der Waals surface area contributed by atoms with E-state index in [-0.39, 0.29) is 18.4 Å². The summed E-state index contributed by atoms with van der Waals surface area (Å²) >= 11 is 1.53. The number of rotatable bonds is 4. The second-order valence-electron chi connectivity index (χ2n) is 5.72. The first-order chi connectivity index (χ1) is 10.0. The number of thioether (sulfide) groups is 1. The molecule has 2 N–H and O–H groups in total. The van der Waals surface area contributed by atoms with Gasteiger partial charge in [-0.05, 0) is 25.0 Å². The Morgan fingerprint density at radius 2 is 2.05 bits per heavy atom. The molecule has 0 aromatic rings. The topological polar surface area (TPSA) is 86.7 Å². The molecule has 2 saturated heterocycles. The number of carbonyl (C=O) groups excluding carboxylic acids is 2. The molecule has 2 fully saturated rings. The van der Waals surface area contributed by atoms with E-state index in [4.69, 9.17) is 0 Å². The normalized spacial score (nSPS) is 27.0. The van der Waals surface area contributed by atoms with Gasteiger partial charge in [0.1, 0.15) is 5.54 Å². The smallest absolute Gasteiger partial charge is 0.330 e. The Balaban J connectivity index is 1.93. The number of hydrogen-bond donors (Lipinski definition) is 2. The molecule has 2 aliphatic heterocycles. The van der Waals surface area contributed by atoms with Crippen LogP contribution in [0.5, 0.6) is 0 Å². The highest BCUT2D eigenvalue weighted by molar-refractivity contribution is 7.99. The molecule has 2 amide bonds. The molecule has 6 nitrogen and oxygen atoms in total. The van der Waals surface area contributed by atoms with E-state index < -0.39 is 11.5 Å². The fraction of sp³-hybridized carbons (Fsp3) is 0.786. The van der Waals surface area contributed by atoms with E-state index in [1.807, 2.05) is 0 Å². The third-order valence-corrected chi connectivity index (χ3v) is 5.26. The minimum Gasteiger partial charge on any atom is -0.479 e. The Labute approximate surface area is 128 Å². The first-order valence-corrected chi connectivity index (χ1v) is 8.59. The molecule has 1 atom stereocenters. The highest BCUT2D eigenvalue weighted by Crippen LogP contribution is 2.28. The van der Waals surface area contributed by atoms with Crippen LogP contribution < -0.4 is 5.32 Å². The number of nitrogens with one attached hydrogen (secondary N) is 1. The molecule has 21 heavy (non-hydrogen) atoms. The van der Waals surface area contributed by atoms with Gasteiger partial charge in [-0.2, -0.15) is 11.8 Å². The maximum atomic E-state index is 12.1. The lowest BCUT2D eigenvalue weighted by atomic mass is 9.99. The zero-order valence-corrected chi connectivity index (χ0v) is 12.9. The van der Waals surface area contributed by atoms with Crippen LogP contribution in [0.2, 0.25) is 0 Å². The van der Waals surface area contributed by atoms with E-state index in [1.54, 1.807) is 4.90 Å². The summed E-state index contributed by atoms with van der Waals surface area (Å²) in [5.74, 6) is -0.235. The second-order valence-corrected chi connectivity index (χ2v) is 6.82. The Kier molecular flexibility index (Phi) is 5.50. The van der Waals surface area contributed by atoms with E-state index in [0.717, 1.165) is 31.4 Å². The van der Waals surface area contributed by atoms with Crippen molar-refractivity contribution in [2.45, 2.75) is 44.1 Å². The highest BCUT2D eigenvalue weighted by Gasteiger charge is 2.43. The summed E-state index contributed by atoms with van der Waals surface area (Å²) in [6, 6.07) is 0. The van der Waals surface area contributed by atoms with Gasteiger partial charge in [-0.25, -0.2) is 4.79 Å². The van der Waals surface area contributed by atoms with E-state index in [0.29, 0.717) is 25.1 Å². The molecule has 0 aromatic heterocycles. The van der Waals surface area contributed by atoms with Crippen molar-refractivity contribution in [1.29, 1.82) is 0 Å². The van der Waals surface area contributed by atoms with Gasteiger partial charge in [0.05, 0.1) is 6.54 Å². The van der Waals surface area contributed by atoms with Crippen molar-refractivity contribution in [3.05, 3.63) is 0 Å².